The maximum Gasteiger partial charge on any atom is 0.330 e. The molecule has 2 aromatic rings. The Bertz CT molecular complexity index is 1170. The fraction of sp³-hybridized carbons (Fsp3) is 0.429. The van der Waals surface area contributed by atoms with Crippen LogP contribution in [0.25, 0.3) is 6.08 Å². The smallest absolute Gasteiger partial charge is 0.330 e. The largest absolute Gasteiger partial charge is 0.462 e. The standard InChI is InChI=1S/C28H32N2O8/c1-2-3-4-20-5-10-23(11-6-20)28(32)38-25-14-7-21(8-15-25)9-16-27(31)37-18-17-22-12-13-24(29(33)34)19-26(22)30(35)36/h7-9,12-16,19-20,23H,2-6,10-11,17-18H2,1H3. The number of nitro benzene ring substituents is 2. The van der Waals surface area contributed by atoms with E-state index in [1.807, 2.05) is 0 Å². The number of unbranched alkanes of at least 4 members (excludes halogenated alkanes) is 1. The normalized spacial score (nSPS) is 17.2. The predicted octanol–water partition coefficient (Wildman–Crippen LogP) is 6.20. The summed E-state index contributed by atoms with van der Waals surface area (Å²) in [7, 11) is 0. The summed E-state index contributed by atoms with van der Waals surface area (Å²) in [6.45, 7) is 2.07. The van der Waals surface area contributed by atoms with Gasteiger partial charge in [0.25, 0.3) is 11.4 Å². The zero-order chi connectivity index (χ0) is 27.5. The molecule has 1 fully saturated rings. The molecule has 0 bridgehead atoms. The number of hydrogen-bond donors (Lipinski definition) is 0. The molecule has 10 nitrogen and oxygen atoms in total. The van der Waals surface area contributed by atoms with Crippen LogP contribution in [0, 0.1) is 32.1 Å². The maximum absolute atomic E-state index is 12.5. The molecule has 38 heavy (non-hydrogen) atoms. The number of benzene rings is 2. The van der Waals surface area contributed by atoms with E-state index in [-0.39, 0.29) is 36.2 Å². The van der Waals surface area contributed by atoms with Gasteiger partial charge < -0.3 is 9.47 Å². The van der Waals surface area contributed by atoms with Crippen molar-refractivity contribution in [1.82, 2.24) is 0 Å². The Hall–Kier alpha value is -4.08. The summed E-state index contributed by atoms with van der Waals surface area (Å²) in [6, 6.07) is 10.1. The molecule has 0 N–H and O–H groups in total. The number of rotatable bonds is 12. The minimum Gasteiger partial charge on any atom is -0.462 e. The van der Waals surface area contributed by atoms with E-state index in [1.165, 1.54) is 37.5 Å². The van der Waals surface area contributed by atoms with Crippen molar-refractivity contribution in [2.45, 2.75) is 58.3 Å². The average molecular weight is 525 g/mol. The number of ether oxygens (including phenoxy) is 2. The first-order chi connectivity index (χ1) is 18.3. The number of carbonyl (C=O) groups excluding carboxylic acids is 2. The van der Waals surface area contributed by atoms with Crippen LogP contribution in [0.15, 0.2) is 48.5 Å². The van der Waals surface area contributed by atoms with Crippen molar-refractivity contribution in [3.05, 3.63) is 79.9 Å². The predicted molar refractivity (Wildman–Crippen MR) is 140 cm³/mol. The summed E-state index contributed by atoms with van der Waals surface area (Å²) in [5.41, 5.74) is 0.147. The first-order valence-corrected chi connectivity index (χ1v) is 12.8. The quantitative estimate of drug-likeness (QED) is 0.105. The molecule has 0 atom stereocenters. The van der Waals surface area contributed by atoms with Crippen LogP contribution in [-0.4, -0.2) is 28.4 Å². The summed E-state index contributed by atoms with van der Waals surface area (Å²) in [5, 5.41) is 22.0. The molecule has 0 heterocycles. The minimum absolute atomic E-state index is 0.0361. The molecule has 0 aromatic heterocycles. The molecule has 0 radical (unpaired) electrons. The van der Waals surface area contributed by atoms with Crippen LogP contribution >= 0.6 is 0 Å². The van der Waals surface area contributed by atoms with Gasteiger partial charge in [0.05, 0.1) is 28.4 Å². The van der Waals surface area contributed by atoms with Gasteiger partial charge in [-0.05, 0) is 61.4 Å². The first-order valence-electron chi connectivity index (χ1n) is 12.8. The number of hydrogen-bond acceptors (Lipinski definition) is 8. The third-order valence-corrected chi connectivity index (χ3v) is 6.75. The molecule has 1 aliphatic carbocycles. The lowest BCUT2D eigenvalue weighted by atomic mass is 9.80. The Morgan fingerprint density at radius 2 is 1.71 bits per heavy atom. The molecule has 0 amide bonds. The number of nitro groups is 2. The van der Waals surface area contributed by atoms with Gasteiger partial charge in [0.15, 0.2) is 0 Å². The molecular formula is C28H32N2O8. The van der Waals surface area contributed by atoms with Crippen molar-refractivity contribution < 1.29 is 28.9 Å². The van der Waals surface area contributed by atoms with Gasteiger partial charge in [-0.25, -0.2) is 4.79 Å². The number of non-ortho nitro benzene ring substituents is 1. The van der Waals surface area contributed by atoms with Gasteiger partial charge in [0.1, 0.15) is 5.75 Å². The molecule has 2 aromatic carbocycles. The highest BCUT2D eigenvalue weighted by Gasteiger charge is 2.27. The van der Waals surface area contributed by atoms with Gasteiger partial charge >= 0.3 is 11.9 Å². The molecule has 0 aliphatic heterocycles. The van der Waals surface area contributed by atoms with Crippen LogP contribution in [0.1, 0.15) is 63.0 Å². The summed E-state index contributed by atoms with van der Waals surface area (Å²) in [5.74, 6) is 0.276. The SMILES string of the molecule is CCCCC1CCC(C(=O)Oc2ccc(C=CC(=O)OCCc3ccc([N+](=O)[O-])cc3[N+](=O)[O-])cc2)CC1. The van der Waals surface area contributed by atoms with Crippen LogP contribution in [0.4, 0.5) is 11.4 Å². The fourth-order valence-corrected chi connectivity index (χ4v) is 4.55. The summed E-state index contributed by atoms with van der Waals surface area (Å²) in [4.78, 5) is 45.2. The first kappa shape index (κ1) is 28.5. The fourth-order valence-electron chi connectivity index (χ4n) is 4.55. The number of esters is 2. The average Bonchev–Trinajstić information content (AvgIpc) is 2.91. The third-order valence-electron chi connectivity index (χ3n) is 6.75. The third kappa shape index (κ3) is 8.50. The van der Waals surface area contributed by atoms with Crippen LogP contribution in [0.3, 0.4) is 0 Å². The highest BCUT2D eigenvalue weighted by Crippen LogP contribution is 2.33. The molecule has 1 aliphatic rings. The monoisotopic (exact) mass is 524 g/mol. The van der Waals surface area contributed by atoms with Gasteiger partial charge in [-0.1, -0.05) is 38.3 Å². The van der Waals surface area contributed by atoms with E-state index < -0.39 is 21.5 Å². The second-order valence-corrected chi connectivity index (χ2v) is 9.43. The van der Waals surface area contributed by atoms with Crippen LogP contribution in [-0.2, 0) is 20.7 Å². The Kier molecular flexibility index (Phi) is 10.5. The highest BCUT2D eigenvalue weighted by atomic mass is 16.6. The minimum atomic E-state index is -0.710. The summed E-state index contributed by atoms with van der Waals surface area (Å²) >= 11 is 0. The van der Waals surface area contributed by atoms with Gasteiger partial charge in [-0.3, -0.25) is 25.0 Å². The molecule has 202 valence electrons. The van der Waals surface area contributed by atoms with Gasteiger partial charge in [0.2, 0.25) is 0 Å². The lowest BCUT2D eigenvalue weighted by Gasteiger charge is -2.27. The van der Waals surface area contributed by atoms with E-state index in [0.717, 1.165) is 37.7 Å². The van der Waals surface area contributed by atoms with E-state index in [1.54, 1.807) is 30.3 Å². The molecule has 3 rings (SSSR count). The maximum atomic E-state index is 12.5. The molecule has 1 saturated carbocycles. The Morgan fingerprint density at radius 3 is 2.34 bits per heavy atom. The highest BCUT2D eigenvalue weighted by molar-refractivity contribution is 5.87. The van der Waals surface area contributed by atoms with Crippen molar-refractivity contribution in [3.8, 4) is 5.75 Å². The molecule has 0 unspecified atom stereocenters. The summed E-state index contributed by atoms with van der Waals surface area (Å²) < 4.78 is 10.7. The van der Waals surface area contributed by atoms with Crippen LogP contribution < -0.4 is 4.74 Å². The van der Waals surface area contributed by atoms with Crippen molar-refractivity contribution in [3.63, 3.8) is 0 Å². The molecule has 0 saturated heterocycles. The topological polar surface area (TPSA) is 139 Å². The van der Waals surface area contributed by atoms with E-state index in [4.69, 9.17) is 9.47 Å². The van der Waals surface area contributed by atoms with Crippen molar-refractivity contribution >= 4 is 29.4 Å². The second-order valence-electron chi connectivity index (χ2n) is 9.43. The van der Waals surface area contributed by atoms with E-state index in [9.17, 15) is 29.8 Å². The number of nitrogens with zero attached hydrogens (tertiary/aromatic N) is 2. The van der Waals surface area contributed by atoms with E-state index in [2.05, 4.69) is 6.92 Å². The zero-order valence-corrected chi connectivity index (χ0v) is 21.4. The molecule has 0 spiro atoms. The lowest BCUT2D eigenvalue weighted by molar-refractivity contribution is -0.394. The van der Waals surface area contributed by atoms with Crippen molar-refractivity contribution in [2.24, 2.45) is 11.8 Å². The van der Waals surface area contributed by atoms with Gasteiger partial charge in [-0.2, -0.15) is 0 Å². The van der Waals surface area contributed by atoms with E-state index >= 15 is 0 Å². The molecule has 10 heteroatoms. The van der Waals surface area contributed by atoms with Crippen molar-refractivity contribution in [1.29, 1.82) is 0 Å². The summed E-state index contributed by atoms with van der Waals surface area (Å²) in [6.07, 6.45) is 10.4. The van der Waals surface area contributed by atoms with Crippen LogP contribution in [0.2, 0.25) is 0 Å². The van der Waals surface area contributed by atoms with Crippen molar-refractivity contribution in [2.75, 3.05) is 6.61 Å². The zero-order valence-electron chi connectivity index (χ0n) is 21.4. The molecular weight excluding hydrogens is 492 g/mol. The van der Waals surface area contributed by atoms with Crippen LogP contribution in [0.5, 0.6) is 5.75 Å². The van der Waals surface area contributed by atoms with E-state index in [0.29, 0.717) is 11.3 Å². The Balaban J connectivity index is 1.44. The lowest BCUT2D eigenvalue weighted by Crippen LogP contribution is -2.25. The van der Waals surface area contributed by atoms with Gasteiger partial charge in [0, 0.05) is 24.1 Å². The Morgan fingerprint density at radius 1 is 1.00 bits per heavy atom. The van der Waals surface area contributed by atoms with Gasteiger partial charge in [-0.15, -0.1) is 0 Å². The number of carbonyl (C=O) groups is 2. The second kappa shape index (κ2) is 14.0. The Labute approximate surface area is 220 Å².